The fourth-order valence-corrected chi connectivity index (χ4v) is 10.4. The Morgan fingerprint density at radius 3 is 2.11 bits per heavy atom. The van der Waals surface area contributed by atoms with Crippen LogP contribution in [0.5, 0.6) is 0 Å². The van der Waals surface area contributed by atoms with E-state index in [9.17, 15) is 0 Å². The fraction of sp³-hybridized carbons (Fsp3) is 0.0526. The van der Waals surface area contributed by atoms with E-state index in [0.29, 0.717) is 0 Å². The van der Waals surface area contributed by atoms with E-state index in [2.05, 4.69) is 199 Å². The summed E-state index contributed by atoms with van der Waals surface area (Å²) in [4.78, 5) is 14.5. The molecule has 13 rings (SSSR count). The second-order valence-electron chi connectivity index (χ2n) is 16.9. The molecule has 0 aliphatic rings. The van der Waals surface area contributed by atoms with Crippen LogP contribution in [0.3, 0.4) is 0 Å². The second-order valence-corrected chi connectivity index (χ2v) is 16.9. The van der Waals surface area contributed by atoms with Crippen LogP contribution >= 0.6 is 0 Å². The van der Waals surface area contributed by atoms with Crippen molar-refractivity contribution < 1.29 is 4.42 Å². The van der Waals surface area contributed by atoms with Crippen molar-refractivity contribution in [3.05, 3.63) is 193 Å². The Bertz CT molecular complexity index is 3990. The molecule has 8 aromatic carbocycles. The van der Waals surface area contributed by atoms with Gasteiger partial charge in [0.05, 0.1) is 33.0 Å². The van der Waals surface area contributed by atoms with E-state index in [1.54, 1.807) is 0 Å². The molecule has 5 aromatic heterocycles. The first-order valence-corrected chi connectivity index (χ1v) is 21.5. The number of hydrogen-bond donors (Lipinski definition) is 1. The number of hydrogen-bond acceptors (Lipinski definition) is 3. The Morgan fingerprint density at radius 1 is 0.524 bits per heavy atom. The highest BCUT2D eigenvalue weighted by molar-refractivity contribution is 6.26. The first kappa shape index (κ1) is 35.5. The molecule has 0 amide bonds. The zero-order valence-electron chi connectivity index (χ0n) is 34.9. The van der Waals surface area contributed by atoms with Crippen LogP contribution in [0, 0.1) is 20.8 Å². The van der Waals surface area contributed by atoms with Crippen LogP contribution in [0.1, 0.15) is 16.7 Å². The SMILES string of the molecule is Cc1cc(C)c(-c2ccnc(-n3c4ccccc4c4ccc(-c5cccc6c5nc(-c5cc7c8ccccc8oc7c7c5[nH]c5ccccc57)n6-c5ccccc5)cc43)c2)c(C)c1. The van der Waals surface area contributed by atoms with Gasteiger partial charge in [-0.25, -0.2) is 9.97 Å². The Balaban J connectivity index is 1.07. The smallest absolute Gasteiger partial charge is 0.147 e. The van der Waals surface area contributed by atoms with E-state index >= 15 is 0 Å². The molecule has 0 atom stereocenters. The number of para-hydroxylation sites is 5. The molecule has 0 radical (unpaired) electrons. The minimum Gasteiger partial charge on any atom is -0.455 e. The lowest BCUT2D eigenvalue weighted by Gasteiger charge is -2.14. The van der Waals surface area contributed by atoms with Gasteiger partial charge in [0.25, 0.3) is 0 Å². The van der Waals surface area contributed by atoms with Crippen molar-refractivity contribution in [2.24, 2.45) is 0 Å². The van der Waals surface area contributed by atoms with E-state index in [0.717, 1.165) is 105 Å². The molecular weight excluding hydrogens is 771 g/mol. The zero-order chi connectivity index (χ0) is 41.9. The molecule has 0 aliphatic heterocycles. The van der Waals surface area contributed by atoms with Crippen LogP contribution in [0.2, 0.25) is 0 Å². The van der Waals surface area contributed by atoms with Crippen LogP contribution in [-0.4, -0.2) is 24.1 Å². The van der Waals surface area contributed by atoms with Gasteiger partial charge >= 0.3 is 0 Å². The number of H-pyrrole nitrogens is 1. The normalized spacial score (nSPS) is 12.0. The lowest BCUT2D eigenvalue weighted by atomic mass is 9.94. The van der Waals surface area contributed by atoms with Crippen LogP contribution in [-0.2, 0) is 0 Å². The Hall–Kier alpha value is -8.22. The average Bonchev–Trinajstić information content (AvgIpc) is 4.07. The van der Waals surface area contributed by atoms with Crippen LogP contribution in [0.4, 0.5) is 0 Å². The molecule has 0 aliphatic carbocycles. The maximum atomic E-state index is 6.66. The fourth-order valence-electron chi connectivity index (χ4n) is 10.4. The summed E-state index contributed by atoms with van der Waals surface area (Å²) in [5.41, 5.74) is 18.3. The number of aromatic amines is 1. The zero-order valence-corrected chi connectivity index (χ0v) is 34.9. The van der Waals surface area contributed by atoms with Crippen molar-refractivity contribution in [3.8, 4) is 45.1 Å². The van der Waals surface area contributed by atoms with Gasteiger partial charge in [-0.3, -0.25) is 9.13 Å². The lowest BCUT2D eigenvalue weighted by molar-refractivity contribution is 0.673. The minimum absolute atomic E-state index is 0.852. The average molecular weight is 810 g/mol. The number of furan rings is 1. The monoisotopic (exact) mass is 809 g/mol. The quantitative estimate of drug-likeness (QED) is 0.188. The topological polar surface area (TPSA) is 64.6 Å². The highest BCUT2D eigenvalue weighted by Crippen LogP contribution is 2.45. The summed E-state index contributed by atoms with van der Waals surface area (Å²) < 4.78 is 11.3. The van der Waals surface area contributed by atoms with Crippen molar-refractivity contribution in [1.29, 1.82) is 0 Å². The number of fused-ring (bicyclic) bond motifs is 11. The summed E-state index contributed by atoms with van der Waals surface area (Å²) in [5.74, 6) is 1.74. The van der Waals surface area contributed by atoms with Gasteiger partial charge in [-0.1, -0.05) is 115 Å². The highest BCUT2D eigenvalue weighted by atomic mass is 16.3. The number of nitrogens with zero attached hydrogens (tertiary/aromatic N) is 4. The molecule has 0 fully saturated rings. The number of benzene rings is 8. The van der Waals surface area contributed by atoms with Gasteiger partial charge < -0.3 is 9.40 Å². The lowest BCUT2D eigenvalue weighted by Crippen LogP contribution is -1.99. The molecule has 1 N–H and O–H groups in total. The van der Waals surface area contributed by atoms with Crippen molar-refractivity contribution in [2.75, 3.05) is 0 Å². The number of aromatic nitrogens is 5. The highest BCUT2D eigenvalue weighted by Gasteiger charge is 2.25. The van der Waals surface area contributed by atoms with E-state index in [1.807, 2.05) is 12.3 Å². The minimum atomic E-state index is 0.852. The number of rotatable bonds is 5. The largest absolute Gasteiger partial charge is 0.455 e. The number of aryl methyl sites for hydroxylation is 3. The number of imidazole rings is 1. The molecule has 13 aromatic rings. The third-order valence-corrected chi connectivity index (χ3v) is 13.0. The van der Waals surface area contributed by atoms with Gasteiger partial charge in [0.15, 0.2) is 0 Å². The molecule has 63 heavy (non-hydrogen) atoms. The molecular formula is C57H39N5O. The van der Waals surface area contributed by atoms with Gasteiger partial charge in [-0.15, -0.1) is 0 Å². The first-order chi connectivity index (χ1) is 31.0. The van der Waals surface area contributed by atoms with Crippen LogP contribution < -0.4 is 0 Å². The molecule has 0 saturated carbocycles. The number of nitrogens with one attached hydrogen (secondary N) is 1. The van der Waals surface area contributed by atoms with Gasteiger partial charge in [0, 0.05) is 55.5 Å². The molecule has 0 saturated heterocycles. The number of pyridine rings is 1. The predicted octanol–water partition coefficient (Wildman–Crippen LogP) is 15.0. The molecule has 0 spiro atoms. The summed E-state index contributed by atoms with van der Waals surface area (Å²) in [7, 11) is 0. The van der Waals surface area contributed by atoms with Gasteiger partial charge in [-0.05, 0) is 109 Å². The molecule has 5 heterocycles. The Labute approximate surface area is 362 Å². The summed E-state index contributed by atoms with van der Waals surface area (Å²) >= 11 is 0. The van der Waals surface area contributed by atoms with E-state index in [1.165, 1.54) is 33.0 Å². The van der Waals surface area contributed by atoms with Crippen LogP contribution in [0.15, 0.2) is 180 Å². The maximum Gasteiger partial charge on any atom is 0.147 e. The molecule has 0 unspecified atom stereocenters. The van der Waals surface area contributed by atoms with Crippen molar-refractivity contribution >= 4 is 76.6 Å². The third-order valence-electron chi connectivity index (χ3n) is 13.0. The molecule has 0 bridgehead atoms. The van der Waals surface area contributed by atoms with E-state index < -0.39 is 0 Å². The Morgan fingerprint density at radius 2 is 1.25 bits per heavy atom. The standard InChI is InChI=1S/C57H39N5O/c1-33-28-34(2)52(35(3)29-33)37-26-27-58-51(31-37)62-47-21-11-8-16-40(47)41-25-24-36(30-49(41)62)39-19-13-22-48-54(39)60-57(61(48)38-14-5-4-6-15-38)45-32-44-42-17-9-12-23-50(42)63-56(44)53-43-18-7-10-20-46(43)59-55(45)53/h4-32,59H,1-3H3. The predicted molar refractivity (Wildman–Crippen MR) is 260 cm³/mol. The summed E-state index contributed by atoms with van der Waals surface area (Å²) in [6.45, 7) is 6.57. The Kier molecular flexibility index (Phi) is 7.55. The summed E-state index contributed by atoms with van der Waals surface area (Å²) in [6, 6.07) is 60.6. The summed E-state index contributed by atoms with van der Waals surface area (Å²) in [6.07, 6.45) is 1.94. The van der Waals surface area contributed by atoms with Gasteiger partial charge in [-0.2, -0.15) is 0 Å². The van der Waals surface area contributed by atoms with Gasteiger partial charge in [0.1, 0.15) is 22.8 Å². The molecule has 298 valence electrons. The third kappa shape index (κ3) is 5.25. The maximum absolute atomic E-state index is 6.66. The first-order valence-electron chi connectivity index (χ1n) is 21.5. The van der Waals surface area contributed by atoms with Crippen molar-refractivity contribution in [2.45, 2.75) is 20.8 Å². The molecule has 6 heteroatoms. The van der Waals surface area contributed by atoms with Gasteiger partial charge in [0.2, 0.25) is 0 Å². The van der Waals surface area contributed by atoms with Crippen molar-refractivity contribution in [3.63, 3.8) is 0 Å². The summed E-state index contributed by atoms with van der Waals surface area (Å²) in [5, 5.41) is 6.69. The second kappa shape index (κ2) is 13.4. The molecule has 6 nitrogen and oxygen atoms in total. The van der Waals surface area contributed by atoms with Crippen molar-refractivity contribution in [1.82, 2.24) is 24.1 Å². The van der Waals surface area contributed by atoms with Crippen LogP contribution in [0.25, 0.3) is 122 Å². The van der Waals surface area contributed by atoms with E-state index in [-0.39, 0.29) is 0 Å². The van der Waals surface area contributed by atoms with E-state index in [4.69, 9.17) is 14.4 Å².